The number of ether oxygens (including phenoxy) is 1. The first-order chi connectivity index (χ1) is 17.7. The van der Waals surface area contributed by atoms with E-state index in [9.17, 15) is 0 Å². The fourth-order valence-corrected chi connectivity index (χ4v) is 5.66. The van der Waals surface area contributed by atoms with Gasteiger partial charge in [-0.25, -0.2) is 4.98 Å². The Kier molecular flexibility index (Phi) is 8.29. The predicted octanol–water partition coefficient (Wildman–Crippen LogP) is 7.50. The van der Waals surface area contributed by atoms with Gasteiger partial charge in [-0.3, -0.25) is 4.57 Å². The highest BCUT2D eigenvalue weighted by Gasteiger charge is 2.22. The highest BCUT2D eigenvalue weighted by Crippen LogP contribution is 2.37. The molecule has 188 valence electrons. The summed E-state index contributed by atoms with van der Waals surface area (Å²) in [7, 11) is 0. The second-order valence-corrected chi connectivity index (χ2v) is 10.6. The summed E-state index contributed by atoms with van der Waals surface area (Å²) in [4.78, 5) is 7.68. The quantitative estimate of drug-likeness (QED) is 0.225. The second kappa shape index (κ2) is 12.0. The van der Waals surface area contributed by atoms with Gasteiger partial charge in [0.1, 0.15) is 5.75 Å². The van der Waals surface area contributed by atoms with E-state index in [1.54, 1.807) is 11.8 Å². The summed E-state index contributed by atoms with van der Waals surface area (Å²) in [6, 6.07) is 19.0. The first-order valence-electron chi connectivity index (χ1n) is 13.3. The van der Waals surface area contributed by atoms with Gasteiger partial charge < -0.3 is 9.64 Å². The maximum Gasteiger partial charge on any atom is 0.173 e. The minimum absolute atomic E-state index is 0.566. The van der Waals surface area contributed by atoms with Crippen molar-refractivity contribution in [2.45, 2.75) is 44.2 Å². The summed E-state index contributed by atoms with van der Waals surface area (Å²) in [5.41, 5.74) is 5.67. The zero-order chi connectivity index (χ0) is 24.7. The molecule has 1 saturated heterocycles. The highest BCUT2D eigenvalue weighted by molar-refractivity contribution is 7.98. The molecule has 0 radical (unpaired) electrons. The van der Waals surface area contributed by atoms with Crippen molar-refractivity contribution < 1.29 is 4.74 Å². The van der Waals surface area contributed by atoms with Crippen LogP contribution in [0.15, 0.2) is 78.0 Å². The Bertz CT molecular complexity index is 1190. The van der Waals surface area contributed by atoms with Crippen molar-refractivity contribution in [3.63, 3.8) is 0 Å². The first kappa shape index (κ1) is 24.9. The predicted molar refractivity (Wildman–Crippen MR) is 152 cm³/mol. The summed E-state index contributed by atoms with van der Waals surface area (Å²) >= 11 is 1.68. The lowest BCUT2D eigenvalue weighted by molar-refractivity contribution is 0.205. The molecule has 2 aliphatic rings. The van der Waals surface area contributed by atoms with E-state index in [4.69, 9.17) is 9.72 Å². The van der Waals surface area contributed by atoms with Crippen LogP contribution in [0.4, 0.5) is 0 Å². The number of allylic oxidation sites excluding steroid dienone is 4. The zero-order valence-corrected chi connectivity index (χ0v) is 22.3. The molecular formula is C31H37N3OS. The summed E-state index contributed by atoms with van der Waals surface area (Å²) in [5.74, 6) is 1.50. The summed E-state index contributed by atoms with van der Waals surface area (Å²) in [6.45, 7) is 6.65. The van der Waals surface area contributed by atoms with Crippen LogP contribution < -0.4 is 4.74 Å². The van der Waals surface area contributed by atoms with Crippen molar-refractivity contribution in [2.75, 3.05) is 32.5 Å². The highest BCUT2D eigenvalue weighted by atomic mass is 32.2. The van der Waals surface area contributed by atoms with Gasteiger partial charge in [0.05, 0.1) is 18.0 Å². The van der Waals surface area contributed by atoms with Crippen LogP contribution in [0.2, 0.25) is 0 Å². The Morgan fingerprint density at radius 3 is 2.47 bits per heavy atom. The largest absolute Gasteiger partial charge is 0.494 e. The van der Waals surface area contributed by atoms with E-state index in [1.807, 2.05) is 0 Å². The van der Waals surface area contributed by atoms with Crippen molar-refractivity contribution >= 4 is 17.3 Å². The Morgan fingerprint density at radius 1 is 1.00 bits per heavy atom. The van der Waals surface area contributed by atoms with Gasteiger partial charge in [0.2, 0.25) is 0 Å². The van der Waals surface area contributed by atoms with Crippen LogP contribution in [-0.2, 0) is 0 Å². The molecule has 0 bridgehead atoms. The monoisotopic (exact) mass is 499 g/mol. The average molecular weight is 500 g/mol. The number of hydrogen-bond acceptors (Lipinski definition) is 4. The molecule has 2 heterocycles. The smallest absolute Gasteiger partial charge is 0.173 e. The Hall–Kier alpha value is -2.76. The van der Waals surface area contributed by atoms with Gasteiger partial charge in [0.25, 0.3) is 0 Å². The van der Waals surface area contributed by atoms with Crippen molar-refractivity contribution in [3.05, 3.63) is 78.5 Å². The van der Waals surface area contributed by atoms with Gasteiger partial charge >= 0.3 is 0 Å². The third-order valence-electron chi connectivity index (χ3n) is 7.09. The van der Waals surface area contributed by atoms with Gasteiger partial charge in [-0.1, -0.05) is 73.7 Å². The fourth-order valence-electron chi connectivity index (χ4n) is 5.10. The maximum absolute atomic E-state index is 6.10. The molecule has 0 N–H and O–H groups in total. The number of likely N-dealkylation sites (tertiary alicyclic amines) is 1. The van der Waals surface area contributed by atoms with Gasteiger partial charge in [-0.2, -0.15) is 0 Å². The molecule has 1 aromatic heterocycles. The normalized spacial score (nSPS) is 18.3. The summed E-state index contributed by atoms with van der Waals surface area (Å²) in [6.07, 6.45) is 15.2. The molecule has 2 aromatic carbocycles. The fraction of sp³-hybridized carbons (Fsp3) is 0.387. The number of nitrogens with zero attached hydrogens (tertiary/aromatic N) is 3. The van der Waals surface area contributed by atoms with Crippen molar-refractivity contribution in [1.82, 2.24) is 14.5 Å². The van der Waals surface area contributed by atoms with E-state index in [-0.39, 0.29) is 0 Å². The van der Waals surface area contributed by atoms with Crippen molar-refractivity contribution in [3.8, 4) is 22.7 Å². The molecule has 5 heteroatoms. The molecule has 1 fully saturated rings. The van der Waals surface area contributed by atoms with Crippen molar-refractivity contribution in [1.29, 1.82) is 0 Å². The minimum Gasteiger partial charge on any atom is -0.494 e. The Labute approximate surface area is 220 Å². The number of piperidine rings is 1. The third kappa shape index (κ3) is 5.79. The molecule has 3 aromatic rings. The van der Waals surface area contributed by atoms with Gasteiger partial charge in [0, 0.05) is 17.8 Å². The average Bonchev–Trinajstić information content (AvgIpc) is 3.33. The lowest BCUT2D eigenvalue weighted by Gasteiger charge is -2.26. The summed E-state index contributed by atoms with van der Waals surface area (Å²) < 4.78 is 8.40. The van der Waals surface area contributed by atoms with Crippen LogP contribution in [0.3, 0.4) is 0 Å². The number of imidazole rings is 1. The molecule has 0 amide bonds. The molecule has 4 nitrogen and oxygen atoms in total. The number of benzene rings is 2. The Balaban J connectivity index is 1.39. The van der Waals surface area contributed by atoms with E-state index < -0.39 is 0 Å². The number of aromatic nitrogens is 2. The summed E-state index contributed by atoms with van der Waals surface area (Å²) in [5, 5.41) is 0.993. The maximum atomic E-state index is 6.10. The van der Waals surface area contributed by atoms with Crippen LogP contribution in [0.1, 0.15) is 44.7 Å². The number of hydrogen-bond donors (Lipinski definition) is 0. The Morgan fingerprint density at radius 2 is 1.78 bits per heavy atom. The molecule has 1 unspecified atom stereocenters. The molecule has 0 saturated carbocycles. The van der Waals surface area contributed by atoms with Crippen LogP contribution >= 0.6 is 11.8 Å². The van der Waals surface area contributed by atoms with Gasteiger partial charge in [0.15, 0.2) is 5.16 Å². The molecule has 1 aliphatic carbocycles. The molecule has 1 aliphatic heterocycles. The van der Waals surface area contributed by atoms with E-state index in [2.05, 4.69) is 95.5 Å². The van der Waals surface area contributed by atoms with E-state index in [0.717, 1.165) is 59.5 Å². The van der Waals surface area contributed by atoms with Gasteiger partial charge in [-0.05, 0) is 80.8 Å². The van der Waals surface area contributed by atoms with Crippen LogP contribution in [0, 0.1) is 5.92 Å². The molecule has 1 atom stereocenters. The van der Waals surface area contributed by atoms with Crippen molar-refractivity contribution in [2.24, 2.45) is 5.92 Å². The van der Waals surface area contributed by atoms with Crippen LogP contribution in [0.5, 0.6) is 5.75 Å². The second-order valence-electron chi connectivity index (χ2n) is 9.83. The lowest BCUT2D eigenvalue weighted by Crippen LogP contribution is -2.31. The molecule has 0 spiro atoms. The zero-order valence-electron chi connectivity index (χ0n) is 21.5. The first-order valence-corrected chi connectivity index (χ1v) is 14.5. The molecular weight excluding hydrogens is 462 g/mol. The topological polar surface area (TPSA) is 30.3 Å². The van der Waals surface area contributed by atoms with E-state index >= 15 is 0 Å². The lowest BCUT2D eigenvalue weighted by atomic mass is 9.94. The van der Waals surface area contributed by atoms with E-state index in [0.29, 0.717) is 5.92 Å². The van der Waals surface area contributed by atoms with Gasteiger partial charge in [-0.15, -0.1) is 0 Å². The van der Waals surface area contributed by atoms with Crippen LogP contribution in [-0.4, -0.2) is 46.9 Å². The van der Waals surface area contributed by atoms with Crippen LogP contribution in [0.25, 0.3) is 22.5 Å². The molecule has 36 heavy (non-hydrogen) atoms. The third-order valence-corrected chi connectivity index (χ3v) is 7.73. The SMILES string of the molecule is CSc1nc(-c2ccccc2)c(C2=CCC(C)C=C2)n1-c1ccc(OCCCN2CCCCC2)cc1. The minimum atomic E-state index is 0.566. The number of rotatable bonds is 9. The molecule has 5 rings (SSSR count). The standard InChI is InChI=1S/C31H37N3OS/c1-24-12-14-26(15-13-24)30-29(25-10-5-3-6-11-25)32-31(36-2)34(30)27-16-18-28(19-17-27)35-23-9-22-33-20-7-4-8-21-33/h3,5-6,10-12,14-19,24H,4,7-9,13,20-23H2,1-2H3. The van der Waals surface area contributed by atoms with E-state index in [1.165, 1.54) is 37.9 Å². The number of thioether (sulfide) groups is 1.